The van der Waals surface area contributed by atoms with Crippen LogP contribution in [0.3, 0.4) is 0 Å². The van der Waals surface area contributed by atoms with Crippen LogP contribution in [0.4, 0.5) is 5.69 Å². The van der Waals surface area contributed by atoms with Crippen LogP contribution in [0.15, 0.2) is 60.7 Å². The Labute approximate surface area is 243 Å². The summed E-state index contributed by atoms with van der Waals surface area (Å²) in [7, 11) is 3.02. The Morgan fingerprint density at radius 1 is 1.02 bits per heavy atom. The number of rotatable bonds is 8. The zero-order valence-electron chi connectivity index (χ0n) is 24.1. The third kappa shape index (κ3) is 5.17. The minimum atomic E-state index is -0.940. The minimum Gasteiger partial charge on any atom is -0.493 e. The maximum Gasteiger partial charge on any atom is 0.257 e. The summed E-state index contributed by atoms with van der Waals surface area (Å²) in [5.41, 5.74) is 3.13. The fraction of sp³-hybridized carbons (Fsp3) is 0.312. The Kier molecular flexibility index (Phi) is 7.57. The zero-order chi connectivity index (χ0) is 29.5. The molecule has 3 amide bonds. The topological polar surface area (TPSA) is 89.0 Å². The molecule has 0 saturated carbocycles. The number of hydrogen-bond acceptors (Lipinski definition) is 7. The van der Waals surface area contributed by atoms with Crippen molar-refractivity contribution in [1.82, 2.24) is 9.88 Å². The molecule has 0 radical (unpaired) electrons. The normalized spacial score (nSPS) is 15.5. The maximum atomic E-state index is 13.9. The van der Waals surface area contributed by atoms with Gasteiger partial charge in [-0.25, -0.2) is 9.88 Å². The molecule has 8 nitrogen and oxygen atoms in total. The fourth-order valence-corrected chi connectivity index (χ4v) is 6.18. The van der Waals surface area contributed by atoms with Gasteiger partial charge in [-0.05, 0) is 87.4 Å². The van der Waals surface area contributed by atoms with Gasteiger partial charge in [-0.3, -0.25) is 14.4 Å². The summed E-state index contributed by atoms with van der Waals surface area (Å²) >= 11 is 1.60. The van der Waals surface area contributed by atoms with Crippen LogP contribution in [0.2, 0.25) is 0 Å². The van der Waals surface area contributed by atoms with Crippen LogP contribution in [-0.4, -0.2) is 53.4 Å². The van der Waals surface area contributed by atoms with Crippen LogP contribution in [0.5, 0.6) is 11.5 Å². The molecule has 2 heterocycles. The molecule has 0 aliphatic carbocycles. The van der Waals surface area contributed by atoms with Crippen molar-refractivity contribution in [3.63, 3.8) is 0 Å². The molecule has 3 aromatic carbocycles. The number of nitrogens with zero attached hydrogens (tertiary/aromatic N) is 3. The molecule has 0 N–H and O–H groups in total. The first kappa shape index (κ1) is 28.3. The summed E-state index contributed by atoms with van der Waals surface area (Å²) in [6.45, 7) is 7.81. The van der Waals surface area contributed by atoms with Gasteiger partial charge in [0, 0.05) is 16.7 Å². The van der Waals surface area contributed by atoms with E-state index in [-0.39, 0.29) is 18.2 Å². The van der Waals surface area contributed by atoms with Gasteiger partial charge in [-0.1, -0.05) is 13.0 Å². The van der Waals surface area contributed by atoms with Gasteiger partial charge >= 0.3 is 0 Å². The Hall–Kier alpha value is -4.24. The average molecular weight is 572 g/mol. The van der Waals surface area contributed by atoms with Gasteiger partial charge in [-0.2, -0.15) is 0 Å². The number of anilines is 1. The third-order valence-corrected chi connectivity index (χ3v) is 8.78. The number of methoxy groups -OCH3 is 2. The molecule has 5 rings (SSSR count). The van der Waals surface area contributed by atoms with E-state index in [1.54, 1.807) is 46.6 Å². The molecule has 1 atom stereocenters. The van der Waals surface area contributed by atoms with Gasteiger partial charge in [0.2, 0.25) is 5.91 Å². The van der Waals surface area contributed by atoms with Crippen molar-refractivity contribution in [3.8, 4) is 22.1 Å². The molecule has 212 valence electrons. The molecule has 1 saturated heterocycles. The van der Waals surface area contributed by atoms with E-state index in [2.05, 4.69) is 13.0 Å². The number of thiazole rings is 1. The Morgan fingerprint density at radius 2 is 1.73 bits per heavy atom. The van der Waals surface area contributed by atoms with Gasteiger partial charge in [0.25, 0.3) is 11.8 Å². The molecule has 1 fully saturated rings. The second-order valence-electron chi connectivity index (χ2n) is 10.7. The minimum absolute atomic E-state index is 0.0970. The highest BCUT2D eigenvalue weighted by molar-refractivity contribution is 7.21. The number of fused-ring (bicyclic) bond motifs is 1. The van der Waals surface area contributed by atoms with Gasteiger partial charge in [-0.15, -0.1) is 11.3 Å². The van der Waals surface area contributed by atoms with E-state index in [9.17, 15) is 14.4 Å². The second-order valence-corrected chi connectivity index (χ2v) is 11.8. The van der Waals surface area contributed by atoms with E-state index in [1.165, 1.54) is 24.7 Å². The lowest BCUT2D eigenvalue weighted by Crippen LogP contribution is -2.55. The van der Waals surface area contributed by atoms with Crippen molar-refractivity contribution in [2.24, 2.45) is 0 Å². The lowest BCUT2D eigenvalue weighted by molar-refractivity contribution is -0.123. The molecule has 1 aliphatic rings. The number of carbonyl (C=O) groups is 3. The molecular weight excluding hydrogens is 538 g/mol. The summed E-state index contributed by atoms with van der Waals surface area (Å²) in [5.74, 6) is -0.222. The van der Waals surface area contributed by atoms with Crippen molar-refractivity contribution in [3.05, 3.63) is 71.8 Å². The average Bonchev–Trinajstić information content (AvgIpc) is 3.52. The van der Waals surface area contributed by atoms with Crippen molar-refractivity contribution < 1.29 is 23.9 Å². The monoisotopic (exact) mass is 571 g/mol. The largest absolute Gasteiger partial charge is 0.493 e. The van der Waals surface area contributed by atoms with E-state index in [1.807, 2.05) is 45.0 Å². The lowest BCUT2D eigenvalue weighted by atomic mass is 9.94. The van der Waals surface area contributed by atoms with Gasteiger partial charge in [0.15, 0.2) is 11.5 Å². The molecular formula is C32H33N3O5S. The molecule has 1 unspecified atom stereocenters. The van der Waals surface area contributed by atoms with Crippen molar-refractivity contribution in [2.75, 3.05) is 19.1 Å². The summed E-state index contributed by atoms with van der Waals surface area (Å²) in [6.07, 6.45) is 0.487. The molecule has 4 aromatic rings. The highest BCUT2D eigenvalue weighted by atomic mass is 32.1. The van der Waals surface area contributed by atoms with Crippen molar-refractivity contribution >= 4 is 45.0 Å². The third-order valence-electron chi connectivity index (χ3n) is 7.72. The number of carbonyl (C=O) groups excluding carboxylic acids is 3. The van der Waals surface area contributed by atoms with Crippen LogP contribution in [0, 0.1) is 6.92 Å². The summed E-state index contributed by atoms with van der Waals surface area (Å²) < 4.78 is 11.8. The van der Waals surface area contributed by atoms with E-state index < -0.39 is 17.5 Å². The van der Waals surface area contributed by atoms with Gasteiger partial charge in [0.1, 0.15) is 11.0 Å². The van der Waals surface area contributed by atoms with E-state index in [4.69, 9.17) is 14.5 Å². The lowest BCUT2D eigenvalue weighted by Gasteiger charge is -2.41. The molecule has 1 aromatic heterocycles. The summed E-state index contributed by atoms with van der Waals surface area (Å²) in [6, 6.07) is 17.4. The molecule has 0 bridgehead atoms. The highest BCUT2D eigenvalue weighted by Gasteiger charge is 2.48. The number of amides is 3. The number of aromatic nitrogens is 1. The first-order valence-electron chi connectivity index (χ1n) is 13.5. The smallest absolute Gasteiger partial charge is 0.257 e. The molecule has 9 heteroatoms. The zero-order valence-corrected chi connectivity index (χ0v) is 24.9. The maximum absolute atomic E-state index is 13.9. The van der Waals surface area contributed by atoms with Crippen molar-refractivity contribution in [1.29, 1.82) is 0 Å². The van der Waals surface area contributed by atoms with Crippen molar-refractivity contribution in [2.45, 2.75) is 52.1 Å². The highest BCUT2D eigenvalue weighted by Crippen LogP contribution is 2.36. The number of hydrogen-bond donors (Lipinski definition) is 0. The molecule has 1 aliphatic heterocycles. The Balaban J connectivity index is 1.44. The fourth-order valence-electron chi connectivity index (χ4n) is 5.11. The quantitative estimate of drug-likeness (QED) is 0.232. The predicted octanol–water partition coefficient (Wildman–Crippen LogP) is 6.25. The van der Waals surface area contributed by atoms with Crippen LogP contribution in [0.25, 0.3) is 20.8 Å². The van der Waals surface area contributed by atoms with Crippen LogP contribution >= 0.6 is 11.3 Å². The first-order chi connectivity index (χ1) is 19.6. The first-order valence-corrected chi connectivity index (χ1v) is 14.3. The number of imide groups is 1. The number of benzene rings is 3. The standard InChI is InChI=1S/C32H33N3O5S/c1-7-32(3,4)35(30(37)21-11-15-25(39-5)26(17-21)40-6)24-18-28(36)34(31(24)38)22-12-9-20(10-13-22)29-33-23-14-8-19(2)16-27(23)41-29/h8-17,24H,7,18H2,1-6H3. The Morgan fingerprint density at radius 3 is 2.39 bits per heavy atom. The van der Waals surface area contributed by atoms with Crippen LogP contribution < -0.4 is 14.4 Å². The van der Waals surface area contributed by atoms with Gasteiger partial charge in [0.05, 0.1) is 36.5 Å². The summed E-state index contributed by atoms with van der Waals surface area (Å²) in [5, 5.41) is 0.866. The van der Waals surface area contributed by atoms with Crippen LogP contribution in [-0.2, 0) is 9.59 Å². The second kappa shape index (κ2) is 11.0. The van der Waals surface area contributed by atoms with E-state index in [0.29, 0.717) is 29.2 Å². The Bertz CT molecular complexity index is 1640. The molecule has 41 heavy (non-hydrogen) atoms. The van der Waals surface area contributed by atoms with Gasteiger partial charge < -0.3 is 14.4 Å². The number of aryl methyl sites for hydroxylation is 1. The summed E-state index contributed by atoms with van der Waals surface area (Å²) in [4.78, 5) is 48.5. The SMILES string of the molecule is CCC(C)(C)N(C(=O)c1ccc(OC)c(OC)c1)C1CC(=O)N(c2ccc(-c3nc4ccc(C)cc4s3)cc2)C1=O. The van der Waals surface area contributed by atoms with Crippen LogP contribution in [0.1, 0.15) is 49.5 Å². The predicted molar refractivity (Wildman–Crippen MR) is 161 cm³/mol. The van der Waals surface area contributed by atoms with E-state index in [0.717, 1.165) is 20.8 Å². The number of ether oxygens (including phenoxy) is 2. The molecule has 0 spiro atoms. The van der Waals surface area contributed by atoms with E-state index >= 15 is 0 Å².